The maximum atomic E-state index is 6.22. The number of anilines is 3. The molecule has 6 aromatic rings. The van der Waals surface area contributed by atoms with Crippen LogP contribution < -0.4 is 4.90 Å². The minimum atomic E-state index is 0.781. The van der Waals surface area contributed by atoms with Crippen molar-refractivity contribution in [3.8, 4) is 11.1 Å². The van der Waals surface area contributed by atoms with E-state index in [1.807, 2.05) is 6.07 Å². The summed E-state index contributed by atoms with van der Waals surface area (Å²) in [5.74, 6) is 0. The van der Waals surface area contributed by atoms with Gasteiger partial charge in [0.2, 0.25) is 0 Å². The van der Waals surface area contributed by atoms with Crippen LogP contribution in [0.2, 0.25) is 5.02 Å². The number of hydrogen-bond donors (Lipinski definition) is 0. The van der Waals surface area contributed by atoms with Gasteiger partial charge in [0.05, 0.1) is 0 Å². The van der Waals surface area contributed by atoms with Crippen LogP contribution in [0.3, 0.4) is 0 Å². The predicted molar refractivity (Wildman–Crippen MR) is 144 cm³/mol. The first kappa shape index (κ1) is 20.0. The fraction of sp³-hybridized carbons (Fsp3) is 0. The molecule has 0 radical (unpaired) electrons. The fourth-order valence-electron chi connectivity index (χ4n) is 4.36. The molecule has 6 rings (SSSR count). The maximum Gasteiger partial charge on any atom is 0.0467 e. The van der Waals surface area contributed by atoms with Gasteiger partial charge in [0, 0.05) is 42.3 Å². The van der Waals surface area contributed by atoms with Crippen molar-refractivity contribution in [3.05, 3.63) is 126 Å². The molecule has 3 heteroatoms. The minimum absolute atomic E-state index is 0.781. The van der Waals surface area contributed by atoms with Crippen molar-refractivity contribution in [1.29, 1.82) is 0 Å². The SMILES string of the molecule is Clc1ccc2c(c1)sc1ccc(-c3cccc(N(c4ccccc4)c4ccccc4)c3)cc12. The van der Waals surface area contributed by atoms with E-state index in [0.717, 1.165) is 22.1 Å². The van der Waals surface area contributed by atoms with Gasteiger partial charge in [-0.25, -0.2) is 0 Å². The van der Waals surface area contributed by atoms with E-state index in [2.05, 4.69) is 120 Å². The average Bonchev–Trinajstić information content (AvgIpc) is 3.22. The lowest BCUT2D eigenvalue weighted by atomic mass is 10.0. The van der Waals surface area contributed by atoms with Crippen LogP contribution >= 0.6 is 22.9 Å². The van der Waals surface area contributed by atoms with Crippen molar-refractivity contribution in [3.63, 3.8) is 0 Å². The minimum Gasteiger partial charge on any atom is -0.310 e. The zero-order chi connectivity index (χ0) is 22.2. The largest absolute Gasteiger partial charge is 0.310 e. The Balaban J connectivity index is 1.48. The third-order valence-corrected chi connectivity index (χ3v) is 7.27. The summed E-state index contributed by atoms with van der Waals surface area (Å²) >= 11 is 8.01. The Morgan fingerprint density at radius 2 is 1.15 bits per heavy atom. The van der Waals surface area contributed by atoms with E-state index in [1.54, 1.807) is 11.3 Å². The Morgan fingerprint density at radius 1 is 0.485 bits per heavy atom. The number of rotatable bonds is 4. The second-order valence-electron chi connectivity index (χ2n) is 8.01. The number of hydrogen-bond acceptors (Lipinski definition) is 2. The molecule has 0 fully saturated rings. The lowest BCUT2D eigenvalue weighted by Gasteiger charge is -2.25. The predicted octanol–water partition coefficient (Wildman–Crippen LogP) is 9.84. The fourth-order valence-corrected chi connectivity index (χ4v) is 5.72. The Bertz CT molecular complexity index is 1530. The zero-order valence-corrected chi connectivity index (χ0v) is 19.4. The summed E-state index contributed by atoms with van der Waals surface area (Å²) in [5.41, 5.74) is 5.81. The van der Waals surface area contributed by atoms with Crippen LogP contribution in [0, 0.1) is 0 Å². The lowest BCUT2D eigenvalue weighted by Crippen LogP contribution is -2.09. The summed E-state index contributed by atoms with van der Waals surface area (Å²) in [4.78, 5) is 2.30. The number of nitrogens with zero attached hydrogens (tertiary/aromatic N) is 1. The van der Waals surface area contributed by atoms with Gasteiger partial charge in [-0.15, -0.1) is 11.3 Å². The maximum absolute atomic E-state index is 6.22. The van der Waals surface area contributed by atoms with E-state index >= 15 is 0 Å². The summed E-state index contributed by atoms with van der Waals surface area (Å²) in [6.07, 6.45) is 0. The number of thiophene rings is 1. The van der Waals surface area contributed by atoms with Gasteiger partial charge >= 0.3 is 0 Å². The molecular formula is C30H20ClNS. The molecule has 0 spiro atoms. The molecule has 33 heavy (non-hydrogen) atoms. The van der Waals surface area contributed by atoms with Gasteiger partial charge in [0.1, 0.15) is 0 Å². The molecule has 0 aliphatic carbocycles. The molecule has 0 aliphatic rings. The van der Waals surface area contributed by atoms with E-state index in [9.17, 15) is 0 Å². The highest BCUT2D eigenvalue weighted by molar-refractivity contribution is 7.25. The van der Waals surface area contributed by atoms with Gasteiger partial charge < -0.3 is 4.90 Å². The van der Waals surface area contributed by atoms with Crippen molar-refractivity contribution in [2.24, 2.45) is 0 Å². The van der Waals surface area contributed by atoms with Crippen molar-refractivity contribution >= 4 is 60.2 Å². The van der Waals surface area contributed by atoms with Crippen LogP contribution in [0.25, 0.3) is 31.3 Å². The second-order valence-corrected chi connectivity index (χ2v) is 9.53. The Morgan fingerprint density at radius 3 is 1.88 bits per heavy atom. The molecule has 0 amide bonds. The van der Waals surface area contributed by atoms with Gasteiger partial charge in [0.15, 0.2) is 0 Å². The highest BCUT2D eigenvalue weighted by Crippen LogP contribution is 2.39. The smallest absolute Gasteiger partial charge is 0.0467 e. The molecule has 0 saturated carbocycles. The summed E-state index contributed by atoms with van der Waals surface area (Å²) in [6, 6.07) is 42.7. The number of para-hydroxylation sites is 2. The zero-order valence-electron chi connectivity index (χ0n) is 17.8. The Labute approximate surface area is 202 Å². The lowest BCUT2D eigenvalue weighted by molar-refractivity contribution is 1.28. The molecule has 1 aromatic heterocycles. The third-order valence-electron chi connectivity index (χ3n) is 5.90. The standard InChI is InChI=1S/C30H20ClNS/c31-23-15-16-27-28-19-22(14-17-29(28)33-30(27)20-23)21-8-7-13-26(18-21)32(24-9-3-1-4-10-24)25-11-5-2-6-12-25/h1-20H. The highest BCUT2D eigenvalue weighted by atomic mass is 35.5. The van der Waals surface area contributed by atoms with Gasteiger partial charge in [-0.1, -0.05) is 72.3 Å². The number of benzene rings is 5. The number of fused-ring (bicyclic) bond motifs is 3. The quantitative estimate of drug-likeness (QED) is 0.252. The van der Waals surface area contributed by atoms with E-state index in [4.69, 9.17) is 11.6 Å². The van der Waals surface area contributed by atoms with Crippen molar-refractivity contribution in [1.82, 2.24) is 0 Å². The van der Waals surface area contributed by atoms with E-state index in [-0.39, 0.29) is 0 Å². The van der Waals surface area contributed by atoms with Crippen LogP contribution in [0.5, 0.6) is 0 Å². The van der Waals surface area contributed by atoms with Gasteiger partial charge in [-0.2, -0.15) is 0 Å². The topological polar surface area (TPSA) is 3.24 Å². The molecule has 0 N–H and O–H groups in total. The Hall–Kier alpha value is -3.59. The van der Waals surface area contributed by atoms with Crippen LogP contribution in [0.4, 0.5) is 17.1 Å². The van der Waals surface area contributed by atoms with Gasteiger partial charge in [-0.3, -0.25) is 0 Å². The molecule has 1 heterocycles. The summed E-state index contributed by atoms with van der Waals surface area (Å²) in [5, 5.41) is 3.31. The summed E-state index contributed by atoms with van der Waals surface area (Å²) in [6.45, 7) is 0. The first-order chi connectivity index (χ1) is 16.3. The Kier molecular flexibility index (Phi) is 5.10. The molecular weight excluding hydrogens is 442 g/mol. The van der Waals surface area contributed by atoms with Crippen molar-refractivity contribution in [2.45, 2.75) is 0 Å². The molecule has 0 saturated heterocycles. The molecule has 5 aromatic carbocycles. The normalized spacial score (nSPS) is 11.2. The van der Waals surface area contributed by atoms with Crippen molar-refractivity contribution < 1.29 is 0 Å². The average molecular weight is 462 g/mol. The first-order valence-corrected chi connectivity index (χ1v) is 12.1. The monoisotopic (exact) mass is 461 g/mol. The van der Waals surface area contributed by atoms with Crippen molar-refractivity contribution in [2.75, 3.05) is 4.90 Å². The molecule has 158 valence electrons. The van der Waals surface area contributed by atoms with Crippen LogP contribution in [-0.4, -0.2) is 0 Å². The molecule has 0 aliphatic heterocycles. The second kappa shape index (κ2) is 8.40. The molecule has 0 atom stereocenters. The van der Waals surface area contributed by atoms with Gasteiger partial charge in [0.25, 0.3) is 0 Å². The van der Waals surface area contributed by atoms with E-state index < -0.39 is 0 Å². The van der Waals surface area contributed by atoms with Crippen LogP contribution in [-0.2, 0) is 0 Å². The summed E-state index contributed by atoms with van der Waals surface area (Å²) in [7, 11) is 0. The molecule has 1 nitrogen and oxygen atoms in total. The van der Waals surface area contributed by atoms with E-state index in [1.165, 1.54) is 31.3 Å². The van der Waals surface area contributed by atoms with Crippen LogP contribution in [0.1, 0.15) is 0 Å². The molecule has 0 bridgehead atoms. The van der Waals surface area contributed by atoms with Gasteiger partial charge in [-0.05, 0) is 71.8 Å². The highest BCUT2D eigenvalue weighted by Gasteiger charge is 2.13. The number of halogens is 1. The third kappa shape index (κ3) is 3.78. The first-order valence-electron chi connectivity index (χ1n) is 10.9. The van der Waals surface area contributed by atoms with E-state index in [0.29, 0.717) is 0 Å². The molecule has 0 unspecified atom stereocenters. The summed E-state index contributed by atoms with van der Waals surface area (Å²) < 4.78 is 2.50. The van der Waals surface area contributed by atoms with Crippen LogP contribution in [0.15, 0.2) is 121 Å².